The van der Waals surface area contributed by atoms with Crippen molar-refractivity contribution in [2.75, 3.05) is 17.6 Å². The summed E-state index contributed by atoms with van der Waals surface area (Å²) in [7, 11) is 0. The van der Waals surface area contributed by atoms with Crippen LogP contribution in [0.5, 0.6) is 0 Å². The monoisotopic (exact) mass is 593 g/mol. The normalized spacial score (nSPS) is 17.8. The second-order valence-electron chi connectivity index (χ2n) is 12.1. The van der Waals surface area contributed by atoms with Crippen molar-refractivity contribution in [3.05, 3.63) is 71.9 Å². The van der Waals surface area contributed by atoms with Gasteiger partial charge < -0.3 is 15.8 Å². The summed E-state index contributed by atoms with van der Waals surface area (Å²) in [5.74, 6) is 0.0403. The molecule has 0 bridgehead atoms. The number of pyridine rings is 1. The molecule has 13 heteroatoms. The first-order valence-electron chi connectivity index (χ1n) is 13.8. The van der Waals surface area contributed by atoms with Gasteiger partial charge in [0.2, 0.25) is 0 Å². The van der Waals surface area contributed by atoms with Crippen molar-refractivity contribution in [2.24, 2.45) is 5.41 Å². The Bertz CT molecular complexity index is 1720. The fraction of sp³-hybridized carbons (Fsp3) is 0.367. The lowest BCUT2D eigenvalue weighted by Crippen LogP contribution is -2.37. The highest BCUT2D eigenvalue weighted by Gasteiger charge is 2.55. The maximum absolute atomic E-state index is 13.3. The quantitative estimate of drug-likeness (QED) is 0.292. The van der Waals surface area contributed by atoms with Crippen LogP contribution in [0.4, 0.5) is 29.6 Å². The largest absolute Gasteiger partial charge is 0.444 e. The molecule has 1 aromatic carbocycles. The maximum atomic E-state index is 13.3. The number of alkyl halides is 3. The number of rotatable bonds is 4. The van der Waals surface area contributed by atoms with Crippen LogP contribution in [0.1, 0.15) is 67.8 Å². The van der Waals surface area contributed by atoms with Gasteiger partial charge in [-0.3, -0.25) is 14.1 Å². The molecule has 0 unspecified atom stereocenters. The molecule has 3 N–H and O–H groups in total. The van der Waals surface area contributed by atoms with Crippen LogP contribution in [0.25, 0.3) is 16.8 Å². The molecule has 2 amide bonds. The Balaban J connectivity index is 1.31. The third-order valence-electron chi connectivity index (χ3n) is 7.75. The van der Waals surface area contributed by atoms with Crippen LogP contribution >= 0.6 is 0 Å². The minimum absolute atomic E-state index is 0.0512. The minimum atomic E-state index is -4.56. The first-order valence-corrected chi connectivity index (χ1v) is 13.8. The second kappa shape index (κ2) is 9.96. The van der Waals surface area contributed by atoms with Gasteiger partial charge in [-0.1, -0.05) is 12.1 Å². The molecule has 224 valence electrons. The summed E-state index contributed by atoms with van der Waals surface area (Å²) in [6.07, 6.45) is 2.17. The highest BCUT2D eigenvalue weighted by molar-refractivity contribution is 6.04. The summed E-state index contributed by atoms with van der Waals surface area (Å²) in [4.78, 5) is 40.9. The van der Waals surface area contributed by atoms with Crippen molar-refractivity contribution in [3.8, 4) is 11.3 Å². The number of nitrogen functional groups attached to an aromatic ring is 1. The van der Waals surface area contributed by atoms with Gasteiger partial charge in [0.05, 0.1) is 11.6 Å². The summed E-state index contributed by atoms with van der Waals surface area (Å²) in [6, 6.07) is 7.69. The fourth-order valence-corrected chi connectivity index (χ4v) is 5.51. The average molecular weight is 594 g/mol. The van der Waals surface area contributed by atoms with E-state index in [1.165, 1.54) is 12.1 Å². The number of hydrogen-bond donors (Lipinski definition) is 2. The standard InChI is InChI=1S/C30H30F3N7O3/c1-28(2,3)43-27(42)40-16-29(9-10-29)15-20(40)25-38-22(23-24(34)36-12-13-39(23)25)17-4-6-18(7-5-17)26(41)37-21-14-19(8-11-35-21)30(31,32)33/h4-8,11-14,20H,9-10,15-16H2,1-3H3,(H2,34,36)(H,35,37,41)/t20-/m0/s1. The average Bonchev–Trinajstić information content (AvgIpc) is 3.41. The number of fused-ring (bicyclic) bond motifs is 1. The molecule has 10 nitrogen and oxygen atoms in total. The number of amides is 2. The molecule has 1 aliphatic carbocycles. The fourth-order valence-electron chi connectivity index (χ4n) is 5.51. The van der Waals surface area contributed by atoms with E-state index in [0.29, 0.717) is 29.1 Å². The molecular weight excluding hydrogens is 563 g/mol. The van der Waals surface area contributed by atoms with Crippen molar-refractivity contribution >= 4 is 29.2 Å². The maximum Gasteiger partial charge on any atom is 0.416 e. The number of carbonyl (C=O) groups is 2. The smallest absolute Gasteiger partial charge is 0.416 e. The zero-order valence-corrected chi connectivity index (χ0v) is 23.8. The zero-order valence-electron chi connectivity index (χ0n) is 23.8. The topological polar surface area (TPSA) is 128 Å². The number of aromatic nitrogens is 4. The SMILES string of the molecule is CC(C)(C)OC(=O)N1CC2(CC2)C[C@H]1c1nc(-c2ccc(C(=O)Nc3cc(C(F)(F)F)ccn3)cc2)c2c(N)nccn12. The molecule has 1 aliphatic heterocycles. The van der Waals surface area contributed by atoms with E-state index in [1.54, 1.807) is 29.4 Å². The van der Waals surface area contributed by atoms with Crippen LogP contribution in [0, 0.1) is 5.41 Å². The number of carbonyl (C=O) groups excluding carboxylic acids is 2. The Morgan fingerprint density at radius 1 is 1.07 bits per heavy atom. The second-order valence-corrected chi connectivity index (χ2v) is 12.1. The van der Waals surface area contributed by atoms with Crippen LogP contribution in [-0.2, 0) is 10.9 Å². The van der Waals surface area contributed by atoms with Crippen molar-refractivity contribution in [2.45, 2.75) is 57.9 Å². The van der Waals surface area contributed by atoms with Gasteiger partial charge in [-0.2, -0.15) is 13.2 Å². The van der Waals surface area contributed by atoms with Crippen molar-refractivity contribution in [1.82, 2.24) is 24.3 Å². The molecule has 2 fully saturated rings. The van der Waals surface area contributed by atoms with Gasteiger partial charge in [0.1, 0.15) is 34.3 Å². The molecule has 2 aliphatic rings. The molecule has 6 rings (SSSR count). The van der Waals surface area contributed by atoms with Crippen LogP contribution in [0.2, 0.25) is 0 Å². The van der Waals surface area contributed by atoms with Crippen molar-refractivity contribution in [3.63, 3.8) is 0 Å². The molecule has 4 heterocycles. The lowest BCUT2D eigenvalue weighted by Gasteiger charge is -2.28. The first kappa shape index (κ1) is 28.4. The van der Waals surface area contributed by atoms with Crippen molar-refractivity contribution < 1.29 is 27.5 Å². The number of benzene rings is 1. The highest BCUT2D eigenvalue weighted by atomic mass is 19.4. The molecule has 0 radical (unpaired) electrons. The Labute approximate surface area is 245 Å². The number of nitrogens with two attached hydrogens (primary N) is 1. The number of nitrogens with one attached hydrogen (secondary N) is 1. The lowest BCUT2D eigenvalue weighted by atomic mass is 10.0. The van der Waals surface area contributed by atoms with E-state index in [2.05, 4.69) is 15.3 Å². The minimum Gasteiger partial charge on any atom is -0.444 e. The predicted octanol–water partition coefficient (Wildman–Crippen LogP) is 6.11. The molecule has 1 spiro atoms. The van der Waals surface area contributed by atoms with Gasteiger partial charge in [-0.25, -0.2) is 19.7 Å². The molecule has 1 saturated carbocycles. The van der Waals surface area contributed by atoms with Gasteiger partial charge in [0.25, 0.3) is 5.91 Å². The van der Waals surface area contributed by atoms with E-state index in [0.717, 1.165) is 37.6 Å². The van der Waals surface area contributed by atoms with E-state index < -0.39 is 29.3 Å². The third-order valence-corrected chi connectivity index (χ3v) is 7.75. The first-order chi connectivity index (χ1) is 20.2. The Kier molecular flexibility index (Phi) is 6.58. The third kappa shape index (κ3) is 5.58. The number of anilines is 2. The van der Waals surface area contributed by atoms with Crippen LogP contribution in [0.3, 0.4) is 0 Å². The van der Waals surface area contributed by atoms with Gasteiger partial charge in [0, 0.05) is 36.3 Å². The number of imidazole rings is 1. The summed E-state index contributed by atoms with van der Waals surface area (Å²) in [5, 5.41) is 2.41. The van der Waals surface area contributed by atoms with Crippen LogP contribution in [-0.4, -0.2) is 48.4 Å². The molecular formula is C30H30F3N7O3. The molecule has 1 saturated heterocycles. The van der Waals surface area contributed by atoms with E-state index in [1.807, 2.05) is 25.2 Å². The molecule has 3 aromatic heterocycles. The molecule has 1 atom stereocenters. The van der Waals surface area contributed by atoms with Gasteiger partial charge >= 0.3 is 12.3 Å². The summed E-state index contributed by atoms with van der Waals surface area (Å²) < 4.78 is 46.7. The van der Waals surface area contributed by atoms with Gasteiger partial charge in [-0.15, -0.1) is 0 Å². The summed E-state index contributed by atoms with van der Waals surface area (Å²) in [5.41, 5.74) is 6.74. The van der Waals surface area contributed by atoms with Gasteiger partial charge in [-0.05, 0) is 69.7 Å². The predicted molar refractivity (Wildman–Crippen MR) is 152 cm³/mol. The Morgan fingerprint density at radius 2 is 1.79 bits per heavy atom. The Hall–Kier alpha value is -4.68. The number of ether oxygens (including phenoxy) is 1. The lowest BCUT2D eigenvalue weighted by molar-refractivity contribution is -0.137. The van der Waals surface area contributed by atoms with E-state index in [4.69, 9.17) is 15.5 Å². The van der Waals surface area contributed by atoms with Gasteiger partial charge in [0.15, 0.2) is 0 Å². The van der Waals surface area contributed by atoms with E-state index in [-0.39, 0.29) is 28.7 Å². The summed E-state index contributed by atoms with van der Waals surface area (Å²) >= 11 is 0. The van der Waals surface area contributed by atoms with E-state index >= 15 is 0 Å². The van der Waals surface area contributed by atoms with E-state index in [9.17, 15) is 22.8 Å². The zero-order chi connectivity index (χ0) is 30.7. The van der Waals surface area contributed by atoms with Crippen molar-refractivity contribution in [1.29, 1.82) is 0 Å². The molecule has 4 aromatic rings. The number of hydrogen-bond acceptors (Lipinski definition) is 7. The van der Waals surface area contributed by atoms with Crippen LogP contribution < -0.4 is 11.1 Å². The number of likely N-dealkylation sites (tertiary alicyclic amines) is 1. The highest BCUT2D eigenvalue weighted by Crippen LogP contribution is 2.58. The Morgan fingerprint density at radius 3 is 2.44 bits per heavy atom. The molecule has 43 heavy (non-hydrogen) atoms. The number of nitrogens with zero attached hydrogens (tertiary/aromatic N) is 5. The summed E-state index contributed by atoms with van der Waals surface area (Å²) in [6.45, 7) is 6.08. The number of halogens is 3. The van der Waals surface area contributed by atoms with Crippen LogP contribution in [0.15, 0.2) is 55.0 Å².